The Labute approximate surface area is 224 Å². The second-order valence-corrected chi connectivity index (χ2v) is 8.72. The van der Waals surface area contributed by atoms with E-state index in [0.717, 1.165) is 18.4 Å². The lowest BCUT2D eigenvalue weighted by Gasteiger charge is -2.15. The van der Waals surface area contributed by atoms with Gasteiger partial charge in [-0.3, -0.25) is 24.1 Å². The van der Waals surface area contributed by atoms with Crippen molar-refractivity contribution in [2.45, 2.75) is 53.0 Å². The fourth-order valence-electron chi connectivity index (χ4n) is 4.04. The van der Waals surface area contributed by atoms with Crippen molar-refractivity contribution < 1.29 is 19.2 Å². The molecular weight excluding hydrogens is 502 g/mol. The summed E-state index contributed by atoms with van der Waals surface area (Å²) in [6.07, 6.45) is 8.89. The van der Waals surface area contributed by atoms with Gasteiger partial charge in [-0.15, -0.1) is 0 Å². The van der Waals surface area contributed by atoms with E-state index < -0.39 is 23.2 Å². The topological polar surface area (TPSA) is 138 Å². The average molecular weight is 534 g/mol. The summed E-state index contributed by atoms with van der Waals surface area (Å²) in [7, 11) is 0. The van der Waals surface area contributed by atoms with Gasteiger partial charge in [-0.1, -0.05) is 50.6 Å². The first kappa shape index (κ1) is 28.9. The molecule has 0 saturated heterocycles. The van der Waals surface area contributed by atoms with E-state index in [1.165, 1.54) is 34.8 Å². The Kier molecular flexibility index (Phi) is 9.80. The number of amides is 1. The van der Waals surface area contributed by atoms with Gasteiger partial charge >= 0.3 is 5.97 Å². The molecular formula is C28H31N5O6. The number of nitrogens with zero attached hydrogens (tertiary/aromatic N) is 5. The van der Waals surface area contributed by atoms with Crippen LogP contribution in [0.25, 0.3) is 16.7 Å². The van der Waals surface area contributed by atoms with Crippen molar-refractivity contribution in [3.63, 3.8) is 0 Å². The number of nitro groups is 1. The fraction of sp³-hybridized carbons (Fsp3) is 0.321. The molecule has 204 valence electrons. The number of allylic oxidation sites excluding steroid dienone is 4. The summed E-state index contributed by atoms with van der Waals surface area (Å²) in [5, 5.41) is 11.7. The maximum atomic E-state index is 13.5. The predicted octanol–water partition coefficient (Wildman–Crippen LogP) is 4.04. The van der Waals surface area contributed by atoms with Crippen molar-refractivity contribution in [2.75, 3.05) is 6.61 Å². The molecule has 0 unspecified atom stereocenters. The van der Waals surface area contributed by atoms with Crippen molar-refractivity contribution in [3.05, 3.63) is 98.1 Å². The summed E-state index contributed by atoms with van der Waals surface area (Å²) in [4.78, 5) is 59.3. The number of esters is 1. The first-order valence-corrected chi connectivity index (χ1v) is 12.7. The number of aromatic nitrogens is 3. The van der Waals surface area contributed by atoms with Crippen LogP contribution in [0.1, 0.15) is 55.5 Å². The zero-order chi connectivity index (χ0) is 28.5. The van der Waals surface area contributed by atoms with E-state index in [9.17, 15) is 24.5 Å². The Balaban J connectivity index is 2.38. The lowest BCUT2D eigenvalue weighted by Crippen LogP contribution is -2.33. The molecule has 0 aromatic carbocycles. The molecule has 0 N–H and O–H groups in total. The van der Waals surface area contributed by atoms with E-state index in [1.807, 2.05) is 19.9 Å². The van der Waals surface area contributed by atoms with Gasteiger partial charge in [-0.25, -0.2) is 9.78 Å². The molecule has 0 bridgehead atoms. The van der Waals surface area contributed by atoms with E-state index in [1.54, 1.807) is 23.8 Å². The maximum absolute atomic E-state index is 13.5. The van der Waals surface area contributed by atoms with E-state index in [4.69, 9.17) is 9.72 Å². The number of unbranched alkanes of at least 4 members (excludes halogenated alkanes) is 2. The van der Waals surface area contributed by atoms with Crippen molar-refractivity contribution in [2.24, 2.45) is 4.99 Å². The Hall–Kier alpha value is -4.67. The van der Waals surface area contributed by atoms with Gasteiger partial charge in [0.2, 0.25) is 0 Å². The summed E-state index contributed by atoms with van der Waals surface area (Å²) in [6.45, 7) is 9.35. The molecule has 0 radical (unpaired) electrons. The standard InChI is InChI=1S/C28H31N5O6/c1-5-8-10-14-20(33(37)38)17-23(34)29-26-22(28(36)39-7-3)18-21-25(31(26)15-11-9-6-2)30-24-19(4)13-12-16-32(24)27(21)35/h5,8,10,12-14,16,18H,1,6-7,9,11,15,17H2,2-4H3/b10-8-,20-14+,29-26?. The lowest BCUT2D eigenvalue weighted by molar-refractivity contribution is -0.426. The van der Waals surface area contributed by atoms with E-state index in [0.29, 0.717) is 18.6 Å². The second kappa shape index (κ2) is 13.2. The Morgan fingerprint density at radius 1 is 1.23 bits per heavy atom. The second-order valence-electron chi connectivity index (χ2n) is 8.72. The Bertz CT molecular complexity index is 1630. The fourth-order valence-corrected chi connectivity index (χ4v) is 4.04. The number of carbonyl (C=O) groups excluding carboxylic acids is 2. The molecule has 11 heteroatoms. The van der Waals surface area contributed by atoms with Crippen molar-refractivity contribution in [1.82, 2.24) is 14.0 Å². The summed E-state index contributed by atoms with van der Waals surface area (Å²) in [5.74, 6) is -1.62. The zero-order valence-corrected chi connectivity index (χ0v) is 22.3. The van der Waals surface area contributed by atoms with Gasteiger partial charge in [0.25, 0.3) is 17.2 Å². The van der Waals surface area contributed by atoms with Gasteiger partial charge in [-0.2, -0.15) is 4.99 Å². The molecule has 3 heterocycles. The largest absolute Gasteiger partial charge is 0.462 e. The first-order valence-electron chi connectivity index (χ1n) is 12.7. The summed E-state index contributed by atoms with van der Waals surface area (Å²) in [5.41, 5.74) is 0.510. The number of pyridine rings is 2. The minimum absolute atomic E-state index is 0.0537. The molecule has 0 saturated carbocycles. The molecule has 0 spiro atoms. The van der Waals surface area contributed by atoms with E-state index in [-0.39, 0.29) is 39.9 Å². The smallest absolute Gasteiger partial charge is 0.341 e. The number of hydrogen-bond donors (Lipinski definition) is 0. The van der Waals surface area contributed by atoms with Gasteiger partial charge in [0.05, 0.1) is 16.9 Å². The molecule has 0 aliphatic heterocycles. The minimum Gasteiger partial charge on any atom is -0.462 e. The van der Waals surface area contributed by atoms with Crippen LogP contribution in [0.4, 0.5) is 0 Å². The summed E-state index contributed by atoms with van der Waals surface area (Å²) < 4.78 is 8.18. The predicted molar refractivity (Wildman–Crippen MR) is 147 cm³/mol. The van der Waals surface area contributed by atoms with Crippen LogP contribution in [0.3, 0.4) is 0 Å². The highest BCUT2D eigenvalue weighted by Crippen LogP contribution is 2.15. The number of ether oxygens (including phenoxy) is 1. The summed E-state index contributed by atoms with van der Waals surface area (Å²) >= 11 is 0. The molecule has 39 heavy (non-hydrogen) atoms. The molecule has 0 aliphatic carbocycles. The van der Waals surface area contributed by atoms with Crippen LogP contribution >= 0.6 is 0 Å². The third-order valence-electron chi connectivity index (χ3n) is 5.92. The molecule has 0 atom stereocenters. The minimum atomic E-state index is -0.840. The molecule has 3 rings (SSSR count). The van der Waals surface area contributed by atoms with Crippen molar-refractivity contribution >= 4 is 28.6 Å². The van der Waals surface area contributed by atoms with Crippen LogP contribution in [-0.2, 0) is 16.1 Å². The number of aryl methyl sites for hydroxylation is 2. The molecule has 3 aromatic heterocycles. The van der Waals surface area contributed by atoms with Crippen molar-refractivity contribution in [3.8, 4) is 0 Å². The molecule has 0 fully saturated rings. The number of carbonyl (C=O) groups is 2. The highest BCUT2D eigenvalue weighted by Gasteiger charge is 2.22. The average Bonchev–Trinajstić information content (AvgIpc) is 2.90. The molecule has 0 aliphatic rings. The normalized spacial score (nSPS) is 12.4. The lowest BCUT2D eigenvalue weighted by atomic mass is 10.2. The number of fused-ring (bicyclic) bond motifs is 2. The van der Waals surface area contributed by atoms with Crippen LogP contribution < -0.4 is 11.0 Å². The maximum Gasteiger partial charge on any atom is 0.341 e. The highest BCUT2D eigenvalue weighted by atomic mass is 16.6. The highest BCUT2D eigenvalue weighted by molar-refractivity contribution is 5.94. The van der Waals surface area contributed by atoms with Crippen LogP contribution in [0.15, 0.2) is 70.8 Å². The van der Waals surface area contributed by atoms with Crippen LogP contribution in [0.2, 0.25) is 0 Å². The van der Waals surface area contributed by atoms with Gasteiger partial charge in [-0.05, 0) is 38.0 Å². The quantitative estimate of drug-likeness (QED) is 0.0905. The monoisotopic (exact) mass is 533 g/mol. The van der Waals surface area contributed by atoms with E-state index in [2.05, 4.69) is 11.6 Å². The zero-order valence-electron chi connectivity index (χ0n) is 22.3. The SMILES string of the molecule is C=C/C=C\C=C(/CC(=O)N=c1c(C(=O)OCC)cc2c(=O)n3cccc(C)c3nc2n1CCCCC)[N+](=O)[O-]. The van der Waals surface area contributed by atoms with Gasteiger partial charge in [0.1, 0.15) is 23.3 Å². The number of rotatable bonds is 11. The third kappa shape index (κ3) is 6.61. The Morgan fingerprint density at radius 2 is 2.00 bits per heavy atom. The van der Waals surface area contributed by atoms with E-state index >= 15 is 0 Å². The third-order valence-corrected chi connectivity index (χ3v) is 5.92. The van der Waals surface area contributed by atoms with Crippen LogP contribution in [0.5, 0.6) is 0 Å². The summed E-state index contributed by atoms with van der Waals surface area (Å²) in [6, 6.07) is 4.88. The molecule has 1 amide bonds. The van der Waals surface area contributed by atoms with Gasteiger partial charge in [0.15, 0.2) is 5.49 Å². The molecule has 3 aromatic rings. The first-order chi connectivity index (χ1) is 18.7. The van der Waals surface area contributed by atoms with Crippen LogP contribution in [-0.4, -0.2) is 37.4 Å². The van der Waals surface area contributed by atoms with Gasteiger partial charge in [0, 0.05) is 18.8 Å². The van der Waals surface area contributed by atoms with Crippen LogP contribution in [0, 0.1) is 17.0 Å². The number of hydrogen-bond acceptors (Lipinski definition) is 7. The molecule has 11 nitrogen and oxygen atoms in total. The van der Waals surface area contributed by atoms with Gasteiger partial charge < -0.3 is 9.30 Å². The van der Waals surface area contributed by atoms with Crippen molar-refractivity contribution in [1.29, 1.82) is 0 Å². The Morgan fingerprint density at radius 3 is 2.67 bits per heavy atom.